The number of carbonyl (C=O) groups is 1. The van der Waals surface area contributed by atoms with Crippen LogP contribution in [0.25, 0.3) is 0 Å². The third-order valence-electron chi connectivity index (χ3n) is 8.78. The maximum absolute atomic E-state index is 12.2. The van der Waals surface area contributed by atoms with Crippen LogP contribution < -0.4 is 0 Å². The molecule has 3 saturated carbocycles. The van der Waals surface area contributed by atoms with Crippen molar-refractivity contribution in [1.29, 1.82) is 0 Å². The number of hydrogen-bond donors (Lipinski definition) is 3. The quantitative estimate of drug-likeness (QED) is 0.503. The highest BCUT2D eigenvalue weighted by molar-refractivity contribution is 5.79. The van der Waals surface area contributed by atoms with E-state index in [0.29, 0.717) is 24.0 Å². The molecular weight excluding hydrogens is 316 g/mol. The molecule has 3 N–H and O–H groups in total. The Morgan fingerprint density at radius 1 is 1.16 bits per heavy atom. The summed E-state index contributed by atoms with van der Waals surface area (Å²) in [5.74, 6) is -0.257. The monoisotopic (exact) mass is 348 g/mol. The van der Waals surface area contributed by atoms with Crippen LogP contribution in [-0.4, -0.2) is 33.0 Å². The zero-order valence-corrected chi connectivity index (χ0v) is 15.7. The van der Waals surface area contributed by atoms with Gasteiger partial charge in [0.2, 0.25) is 0 Å². The van der Waals surface area contributed by atoms with Crippen molar-refractivity contribution in [1.82, 2.24) is 0 Å². The molecule has 0 heterocycles. The maximum Gasteiger partial charge on any atom is 0.174 e. The standard InChI is InChI=1S/C21H32O4/c1-12(22)16-6-7-17-15-5-4-13-10-14(23)11-21(24,25)20(13,3)18(15)8-9-19(16,17)2/h4,14-18,23-25H,5-11H2,1-3H3/t14-,15?,16+,17?,18?,19+,20-/m0/s1. The molecule has 0 amide bonds. The number of carbonyl (C=O) groups excluding carboxylic acids is 1. The Morgan fingerprint density at radius 2 is 1.88 bits per heavy atom. The van der Waals surface area contributed by atoms with E-state index in [9.17, 15) is 20.1 Å². The first kappa shape index (κ1) is 17.7. The molecule has 0 saturated heterocycles. The molecule has 0 aromatic heterocycles. The Labute approximate surface area is 150 Å². The maximum atomic E-state index is 12.2. The molecule has 4 aliphatic carbocycles. The third-order valence-corrected chi connectivity index (χ3v) is 8.78. The molecule has 140 valence electrons. The van der Waals surface area contributed by atoms with Gasteiger partial charge in [0.15, 0.2) is 5.79 Å². The Kier molecular flexibility index (Phi) is 3.82. The molecule has 4 aliphatic rings. The summed E-state index contributed by atoms with van der Waals surface area (Å²) < 4.78 is 0. The molecule has 0 aromatic rings. The van der Waals surface area contributed by atoms with Crippen LogP contribution in [-0.2, 0) is 4.79 Å². The van der Waals surface area contributed by atoms with Gasteiger partial charge in [-0.25, -0.2) is 0 Å². The molecule has 0 radical (unpaired) electrons. The van der Waals surface area contributed by atoms with E-state index < -0.39 is 17.3 Å². The molecule has 4 heteroatoms. The number of fused-ring (bicyclic) bond motifs is 5. The van der Waals surface area contributed by atoms with Crippen molar-refractivity contribution < 1.29 is 20.1 Å². The van der Waals surface area contributed by atoms with Crippen LogP contribution in [0.1, 0.15) is 65.7 Å². The normalized spacial score (nSPS) is 51.1. The summed E-state index contributed by atoms with van der Waals surface area (Å²) in [4.78, 5) is 12.2. The summed E-state index contributed by atoms with van der Waals surface area (Å²) in [6.45, 7) is 6.03. The Hall–Kier alpha value is -0.710. The Morgan fingerprint density at radius 3 is 2.56 bits per heavy atom. The van der Waals surface area contributed by atoms with Crippen molar-refractivity contribution in [2.24, 2.45) is 34.5 Å². The van der Waals surface area contributed by atoms with E-state index in [1.165, 1.54) is 0 Å². The molecule has 4 rings (SSSR count). The molecule has 0 spiro atoms. The molecule has 4 nitrogen and oxygen atoms in total. The van der Waals surface area contributed by atoms with E-state index in [1.807, 2.05) is 6.92 Å². The summed E-state index contributed by atoms with van der Waals surface area (Å²) in [5, 5.41) is 31.9. The predicted octanol–water partition coefficient (Wildman–Crippen LogP) is 2.81. The van der Waals surface area contributed by atoms with E-state index in [-0.39, 0.29) is 23.7 Å². The largest absolute Gasteiger partial charge is 0.393 e. The molecule has 0 aliphatic heterocycles. The van der Waals surface area contributed by atoms with Crippen molar-refractivity contribution in [3.05, 3.63) is 11.6 Å². The van der Waals surface area contributed by atoms with Crippen LogP contribution in [0.4, 0.5) is 0 Å². The zero-order chi connectivity index (χ0) is 18.2. The minimum absolute atomic E-state index is 0.0298. The lowest BCUT2D eigenvalue weighted by molar-refractivity contribution is -0.280. The Bertz CT molecular complexity index is 623. The van der Waals surface area contributed by atoms with E-state index in [1.54, 1.807) is 6.92 Å². The van der Waals surface area contributed by atoms with E-state index >= 15 is 0 Å². The van der Waals surface area contributed by atoms with Gasteiger partial charge in [-0.3, -0.25) is 4.79 Å². The van der Waals surface area contributed by atoms with Crippen molar-refractivity contribution in [2.45, 2.75) is 77.6 Å². The molecule has 0 aromatic carbocycles. The van der Waals surface area contributed by atoms with Crippen molar-refractivity contribution in [3.8, 4) is 0 Å². The second kappa shape index (κ2) is 5.40. The number of hydrogen-bond acceptors (Lipinski definition) is 4. The molecule has 0 bridgehead atoms. The minimum atomic E-state index is -1.86. The van der Waals surface area contributed by atoms with Gasteiger partial charge < -0.3 is 15.3 Å². The second-order valence-electron chi connectivity index (χ2n) is 9.71. The minimum Gasteiger partial charge on any atom is -0.393 e. The van der Waals surface area contributed by atoms with Gasteiger partial charge >= 0.3 is 0 Å². The SMILES string of the molecule is CC(=O)[C@H]1CCC2C3CC=C4C[C@H](O)CC(O)(O)[C@]4(C)C3CC[C@@]21C. The Balaban J connectivity index is 1.73. The average Bonchev–Trinajstić information content (AvgIpc) is 2.85. The number of aliphatic hydroxyl groups is 3. The van der Waals surface area contributed by atoms with E-state index in [0.717, 1.165) is 37.7 Å². The molecule has 25 heavy (non-hydrogen) atoms. The van der Waals surface area contributed by atoms with Gasteiger partial charge in [0.1, 0.15) is 5.78 Å². The van der Waals surface area contributed by atoms with Gasteiger partial charge in [-0.05, 0) is 68.6 Å². The molecule has 3 fully saturated rings. The zero-order valence-electron chi connectivity index (χ0n) is 15.7. The topological polar surface area (TPSA) is 77.8 Å². The first-order chi connectivity index (χ1) is 11.6. The molecule has 3 unspecified atom stereocenters. The summed E-state index contributed by atoms with van der Waals surface area (Å²) in [6, 6.07) is 0. The van der Waals surface area contributed by atoms with Crippen molar-refractivity contribution in [3.63, 3.8) is 0 Å². The number of aliphatic hydroxyl groups excluding tert-OH is 1. The smallest absolute Gasteiger partial charge is 0.174 e. The predicted molar refractivity (Wildman–Crippen MR) is 94.4 cm³/mol. The van der Waals surface area contributed by atoms with Crippen LogP contribution >= 0.6 is 0 Å². The van der Waals surface area contributed by atoms with Gasteiger partial charge in [0.25, 0.3) is 0 Å². The highest BCUT2D eigenvalue weighted by Crippen LogP contribution is 2.67. The van der Waals surface area contributed by atoms with Crippen LogP contribution in [0, 0.1) is 34.5 Å². The van der Waals surface area contributed by atoms with Crippen LogP contribution in [0.2, 0.25) is 0 Å². The number of rotatable bonds is 1. The van der Waals surface area contributed by atoms with E-state index in [4.69, 9.17) is 0 Å². The lowest BCUT2D eigenvalue weighted by Gasteiger charge is -2.61. The summed E-state index contributed by atoms with van der Waals surface area (Å²) in [5.41, 5.74) is 0.420. The first-order valence-corrected chi connectivity index (χ1v) is 9.94. The fraction of sp³-hybridized carbons (Fsp3) is 0.857. The third kappa shape index (κ3) is 2.20. The summed E-state index contributed by atoms with van der Waals surface area (Å²) >= 11 is 0. The van der Waals surface area contributed by atoms with Crippen LogP contribution in [0.3, 0.4) is 0 Å². The van der Waals surface area contributed by atoms with Crippen molar-refractivity contribution in [2.75, 3.05) is 0 Å². The second-order valence-corrected chi connectivity index (χ2v) is 9.71. The van der Waals surface area contributed by atoms with Gasteiger partial charge in [-0.2, -0.15) is 0 Å². The summed E-state index contributed by atoms with van der Waals surface area (Å²) in [7, 11) is 0. The van der Waals surface area contributed by atoms with E-state index in [2.05, 4.69) is 13.0 Å². The highest BCUT2D eigenvalue weighted by Gasteiger charge is 2.64. The fourth-order valence-electron chi connectivity index (χ4n) is 7.45. The molecular formula is C21H32O4. The van der Waals surface area contributed by atoms with Gasteiger partial charge in [0.05, 0.1) is 6.10 Å². The number of allylic oxidation sites excluding steroid dienone is 1. The lowest BCUT2D eigenvalue weighted by atomic mass is 9.46. The van der Waals surface area contributed by atoms with Crippen LogP contribution in [0.15, 0.2) is 11.6 Å². The average molecular weight is 348 g/mol. The van der Waals surface area contributed by atoms with Gasteiger partial charge in [-0.1, -0.05) is 25.5 Å². The number of ketones is 1. The van der Waals surface area contributed by atoms with Gasteiger partial charge in [-0.15, -0.1) is 0 Å². The lowest BCUT2D eigenvalue weighted by Crippen LogP contribution is -2.62. The van der Waals surface area contributed by atoms with Crippen LogP contribution in [0.5, 0.6) is 0 Å². The highest BCUT2D eigenvalue weighted by atomic mass is 16.5. The number of Topliss-reactive ketones (excluding diaryl/α,β-unsaturated/α-hetero) is 1. The first-order valence-electron chi connectivity index (χ1n) is 9.94. The van der Waals surface area contributed by atoms with Crippen molar-refractivity contribution >= 4 is 5.78 Å². The molecule has 7 atom stereocenters. The van der Waals surface area contributed by atoms with Gasteiger partial charge in [0, 0.05) is 17.8 Å². The summed E-state index contributed by atoms with van der Waals surface area (Å²) in [6.07, 6.45) is 7.03. The fourth-order valence-corrected chi connectivity index (χ4v) is 7.45.